The van der Waals surface area contributed by atoms with E-state index in [1.807, 2.05) is 0 Å². The van der Waals surface area contributed by atoms with Gasteiger partial charge in [0.25, 0.3) is 0 Å². The van der Waals surface area contributed by atoms with E-state index in [9.17, 15) is 0 Å². The molecule has 0 saturated carbocycles. The minimum Gasteiger partial charge on any atom is -0.330 e. The summed E-state index contributed by atoms with van der Waals surface area (Å²) >= 11 is 0. The summed E-state index contributed by atoms with van der Waals surface area (Å²) in [6.07, 6.45) is 3.88. The number of nitrogens with two attached hydrogens (primary N) is 1. The van der Waals surface area contributed by atoms with E-state index in [-0.39, 0.29) is 0 Å². The summed E-state index contributed by atoms with van der Waals surface area (Å²) < 4.78 is 0. The summed E-state index contributed by atoms with van der Waals surface area (Å²) in [6.45, 7) is 7.62. The van der Waals surface area contributed by atoms with E-state index in [2.05, 4.69) is 20.8 Å². The first-order valence-corrected chi connectivity index (χ1v) is 4.40. The molecule has 0 aliphatic carbocycles. The molecule has 0 aliphatic rings. The monoisotopic (exact) mass is 143 g/mol. The summed E-state index contributed by atoms with van der Waals surface area (Å²) in [5.74, 6) is 1.60. The maximum atomic E-state index is 5.57. The fraction of sp³-hybridized carbons (Fsp3) is 1.00. The third kappa shape index (κ3) is 4.80. The molecule has 0 aliphatic heterocycles. The van der Waals surface area contributed by atoms with E-state index >= 15 is 0 Å². The molecule has 10 heavy (non-hydrogen) atoms. The zero-order valence-corrected chi connectivity index (χ0v) is 7.56. The van der Waals surface area contributed by atoms with Crippen molar-refractivity contribution in [3.63, 3.8) is 0 Å². The predicted molar refractivity (Wildman–Crippen MR) is 46.9 cm³/mol. The SMILES string of the molecule is CCC(CN)CCC(C)C. The Morgan fingerprint density at radius 1 is 1.20 bits per heavy atom. The minimum absolute atomic E-state index is 0.766. The smallest absolute Gasteiger partial charge is 0.00490 e. The molecule has 0 aromatic rings. The van der Waals surface area contributed by atoms with Crippen molar-refractivity contribution < 1.29 is 0 Å². The Morgan fingerprint density at radius 3 is 2.10 bits per heavy atom. The molecule has 0 saturated heterocycles. The van der Waals surface area contributed by atoms with Crippen LogP contribution in [0.2, 0.25) is 0 Å². The third-order valence-corrected chi connectivity index (χ3v) is 2.06. The van der Waals surface area contributed by atoms with Crippen molar-refractivity contribution in [3.05, 3.63) is 0 Å². The second-order valence-corrected chi connectivity index (χ2v) is 3.48. The maximum absolute atomic E-state index is 5.57. The van der Waals surface area contributed by atoms with E-state index < -0.39 is 0 Å². The molecule has 1 nitrogen and oxygen atoms in total. The maximum Gasteiger partial charge on any atom is -0.00490 e. The Hall–Kier alpha value is -0.0400. The van der Waals surface area contributed by atoms with E-state index in [1.54, 1.807) is 0 Å². The molecule has 0 heterocycles. The van der Waals surface area contributed by atoms with Gasteiger partial charge in [0.1, 0.15) is 0 Å². The molecule has 0 rings (SSSR count). The largest absolute Gasteiger partial charge is 0.330 e. The van der Waals surface area contributed by atoms with Crippen molar-refractivity contribution in [1.82, 2.24) is 0 Å². The first kappa shape index (κ1) is 9.96. The van der Waals surface area contributed by atoms with Gasteiger partial charge >= 0.3 is 0 Å². The first-order valence-electron chi connectivity index (χ1n) is 4.40. The van der Waals surface area contributed by atoms with Crippen LogP contribution in [0.4, 0.5) is 0 Å². The second-order valence-electron chi connectivity index (χ2n) is 3.48. The second kappa shape index (κ2) is 5.72. The zero-order valence-electron chi connectivity index (χ0n) is 7.56. The predicted octanol–water partition coefficient (Wildman–Crippen LogP) is 2.41. The van der Waals surface area contributed by atoms with Crippen molar-refractivity contribution in [1.29, 1.82) is 0 Å². The lowest BCUT2D eigenvalue weighted by atomic mass is 9.96. The first-order chi connectivity index (χ1) is 4.70. The molecule has 1 atom stereocenters. The van der Waals surface area contributed by atoms with Gasteiger partial charge in [0.2, 0.25) is 0 Å². The standard InChI is InChI=1S/C9H21N/c1-4-9(7-10)6-5-8(2)3/h8-9H,4-7,10H2,1-3H3. The van der Waals surface area contributed by atoms with Gasteiger partial charge in [-0.25, -0.2) is 0 Å². The molecule has 0 amide bonds. The molecular formula is C9H21N. The van der Waals surface area contributed by atoms with Gasteiger partial charge in [0.05, 0.1) is 0 Å². The number of hydrogen-bond acceptors (Lipinski definition) is 1. The van der Waals surface area contributed by atoms with Gasteiger partial charge < -0.3 is 5.73 Å². The topological polar surface area (TPSA) is 26.0 Å². The molecule has 0 radical (unpaired) electrons. The lowest BCUT2D eigenvalue weighted by Crippen LogP contribution is -2.13. The lowest BCUT2D eigenvalue weighted by Gasteiger charge is -2.12. The zero-order chi connectivity index (χ0) is 7.98. The Kier molecular flexibility index (Phi) is 5.70. The van der Waals surface area contributed by atoms with Crippen LogP contribution in [0, 0.1) is 11.8 Å². The highest BCUT2D eigenvalue weighted by Gasteiger charge is 2.03. The molecule has 62 valence electrons. The van der Waals surface area contributed by atoms with Crippen LogP contribution in [0.1, 0.15) is 40.0 Å². The Labute approximate surface area is 65.0 Å². The highest BCUT2D eigenvalue weighted by atomic mass is 14.5. The van der Waals surface area contributed by atoms with E-state index in [0.29, 0.717) is 0 Å². The quantitative estimate of drug-likeness (QED) is 0.628. The van der Waals surface area contributed by atoms with Crippen LogP contribution in [0.3, 0.4) is 0 Å². The van der Waals surface area contributed by atoms with Crippen molar-refractivity contribution in [3.8, 4) is 0 Å². The van der Waals surface area contributed by atoms with Gasteiger partial charge in [0, 0.05) is 0 Å². The Morgan fingerprint density at radius 2 is 1.80 bits per heavy atom. The molecule has 2 N–H and O–H groups in total. The average molecular weight is 143 g/mol. The molecule has 0 aromatic carbocycles. The lowest BCUT2D eigenvalue weighted by molar-refractivity contribution is 0.420. The van der Waals surface area contributed by atoms with E-state index in [4.69, 9.17) is 5.73 Å². The number of hydrogen-bond donors (Lipinski definition) is 1. The van der Waals surface area contributed by atoms with Gasteiger partial charge in [-0.15, -0.1) is 0 Å². The summed E-state index contributed by atoms with van der Waals surface area (Å²) in [5.41, 5.74) is 5.57. The van der Waals surface area contributed by atoms with Crippen LogP contribution in [-0.4, -0.2) is 6.54 Å². The Bertz CT molecular complexity index is 65.1. The molecule has 1 unspecified atom stereocenters. The third-order valence-electron chi connectivity index (χ3n) is 2.06. The van der Waals surface area contributed by atoms with E-state index in [1.165, 1.54) is 19.3 Å². The number of rotatable bonds is 5. The summed E-state index contributed by atoms with van der Waals surface area (Å²) in [4.78, 5) is 0. The van der Waals surface area contributed by atoms with Gasteiger partial charge in [-0.1, -0.05) is 33.6 Å². The van der Waals surface area contributed by atoms with E-state index in [0.717, 1.165) is 18.4 Å². The van der Waals surface area contributed by atoms with Crippen LogP contribution < -0.4 is 5.73 Å². The van der Waals surface area contributed by atoms with Crippen LogP contribution in [0.15, 0.2) is 0 Å². The molecule has 1 heteroatoms. The molecule has 0 bridgehead atoms. The average Bonchev–Trinajstić information content (AvgIpc) is 1.90. The highest BCUT2D eigenvalue weighted by Crippen LogP contribution is 2.13. The van der Waals surface area contributed by atoms with Crippen molar-refractivity contribution in [2.45, 2.75) is 40.0 Å². The van der Waals surface area contributed by atoms with Gasteiger partial charge in [-0.05, 0) is 24.8 Å². The van der Waals surface area contributed by atoms with Gasteiger partial charge in [0.15, 0.2) is 0 Å². The Balaban J connectivity index is 3.26. The minimum atomic E-state index is 0.766. The summed E-state index contributed by atoms with van der Waals surface area (Å²) in [6, 6.07) is 0. The van der Waals surface area contributed by atoms with Crippen molar-refractivity contribution in [2.75, 3.05) is 6.54 Å². The van der Waals surface area contributed by atoms with Crippen LogP contribution in [-0.2, 0) is 0 Å². The van der Waals surface area contributed by atoms with Crippen LogP contribution in [0.25, 0.3) is 0 Å². The highest BCUT2D eigenvalue weighted by molar-refractivity contribution is 4.58. The van der Waals surface area contributed by atoms with Crippen LogP contribution >= 0.6 is 0 Å². The van der Waals surface area contributed by atoms with Crippen LogP contribution in [0.5, 0.6) is 0 Å². The summed E-state index contributed by atoms with van der Waals surface area (Å²) in [7, 11) is 0. The normalized spacial score (nSPS) is 14.1. The van der Waals surface area contributed by atoms with Crippen molar-refractivity contribution in [2.24, 2.45) is 17.6 Å². The van der Waals surface area contributed by atoms with Crippen molar-refractivity contribution >= 4 is 0 Å². The molecule has 0 aromatic heterocycles. The molecular weight excluding hydrogens is 122 g/mol. The van der Waals surface area contributed by atoms with Gasteiger partial charge in [-0.2, -0.15) is 0 Å². The fourth-order valence-corrected chi connectivity index (χ4v) is 1.06. The fourth-order valence-electron chi connectivity index (χ4n) is 1.06. The molecule has 0 fully saturated rings. The van der Waals surface area contributed by atoms with Gasteiger partial charge in [-0.3, -0.25) is 0 Å². The summed E-state index contributed by atoms with van der Waals surface area (Å²) in [5, 5.41) is 0. The molecule has 0 spiro atoms.